The second-order valence-corrected chi connectivity index (χ2v) is 5.41. The molecular weight excluding hydrogens is 286 g/mol. The molecule has 0 spiro atoms. The number of epoxide rings is 1. The van der Waals surface area contributed by atoms with E-state index >= 15 is 0 Å². The van der Waals surface area contributed by atoms with Crippen molar-refractivity contribution in [2.75, 3.05) is 19.7 Å². The van der Waals surface area contributed by atoms with Crippen molar-refractivity contribution in [2.24, 2.45) is 0 Å². The highest BCUT2D eigenvalue weighted by Gasteiger charge is 2.58. The average Bonchev–Trinajstić information content (AvgIpc) is 3.17. The van der Waals surface area contributed by atoms with Crippen molar-refractivity contribution < 1.29 is 23.8 Å². The highest BCUT2D eigenvalue weighted by atomic mass is 16.6. The van der Waals surface area contributed by atoms with Gasteiger partial charge in [-0.15, -0.1) is 0 Å². The fourth-order valence-corrected chi connectivity index (χ4v) is 2.76. The van der Waals surface area contributed by atoms with Crippen molar-refractivity contribution in [2.45, 2.75) is 31.8 Å². The Hall–Kier alpha value is -1.92. The van der Waals surface area contributed by atoms with Crippen LogP contribution >= 0.6 is 0 Å². The van der Waals surface area contributed by atoms with Crippen molar-refractivity contribution in [1.29, 1.82) is 0 Å². The molecule has 0 bridgehead atoms. The Kier molecular flexibility index (Phi) is 4.40. The summed E-state index contributed by atoms with van der Waals surface area (Å²) < 4.78 is 15.7. The number of benzene rings is 1. The summed E-state index contributed by atoms with van der Waals surface area (Å²) in [6.45, 7) is 2.96. The van der Waals surface area contributed by atoms with Gasteiger partial charge in [0.25, 0.3) is 0 Å². The summed E-state index contributed by atoms with van der Waals surface area (Å²) in [7, 11) is 0. The SMILES string of the molecule is CCOC(=O)[C@@H]1C2OC2CN1CC(=O)OCc1ccccc1. The maximum atomic E-state index is 12.0. The maximum Gasteiger partial charge on any atom is 0.326 e. The van der Waals surface area contributed by atoms with Crippen LogP contribution in [0, 0.1) is 0 Å². The molecule has 3 atom stereocenters. The van der Waals surface area contributed by atoms with E-state index in [4.69, 9.17) is 14.2 Å². The van der Waals surface area contributed by atoms with Crippen molar-refractivity contribution in [3.63, 3.8) is 0 Å². The van der Waals surface area contributed by atoms with Crippen LogP contribution in [0.25, 0.3) is 0 Å². The van der Waals surface area contributed by atoms with E-state index in [1.165, 1.54) is 0 Å². The van der Waals surface area contributed by atoms with E-state index in [0.29, 0.717) is 13.2 Å². The highest BCUT2D eigenvalue weighted by molar-refractivity contribution is 5.79. The number of nitrogens with zero attached hydrogens (tertiary/aromatic N) is 1. The van der Waals surface area contributed by atoms with Crippen LogP contribution in [0.3, 0.4) is 0 Å². The molecule has 1 aromatic carbocycles. The van der Waals surface area contributed by atoms with Gasteiger partial charge in [0.2, 0.25) is 0 Å². The summed E-state index contributed by atoms with van der Waals surface area (Å²) in [5.74, 6) is -0.678. The quantitative estimate of drug-likeness (QED) is 0.570. The number of hydrogen-bond donors (Lipinski definition) is 0. The zero-order valence-electron chi connectivity index (χ0n) is 12.4. The first-order chi connectivity index (χ1) is 10.7. The van der Waals surface area contributed by atoms with Crippen molar-refractivity contribution in [3.8, 4) is 0 Å². The predicted octanol–water partition coefficient (Wildman–Crippen LogP) is 0.744. The Morgan fingerprint density at radius 3 is 2.77 bits per heavy atom. The van der Waals surface area contributed by atoms with E-state index in [1.807, 2.05) is 30.3 Å². The molecule has 118 valence electrons. The van der Waals surface area contributed by atoms with E-state index < -0.39 is 6.04 Å². The van der Waals surface area contributed by atoms with Gasteiger partial charge in [-0.2, -0.15) is 0 Å². The van der Waals surface area contributed by atoms with Crippen LogP contribution in [0.1, 0.15) is 12.5 Å². The number of esters is 2. The molecule has 1 aromatic rings. The van der Waals surface area contributed by atoms with Crippen LogP contribution in [0.2, 0.25) is 0 Å². The Balaban J connectivity index is 1.51. The average molecular weight is 305 g/mol. The van der Waals surface area contributed by atoms with Gasteiger partial charge in [0, 0.05) is 6.54 Å². The van der Waals surface area contributed by atoms with Gasteiger partial charge in [0.1, 0.15) is 18.8 Å². The molecule has 0 aliphatic carbocycles. The third kappa shape index (κ3) is 3.28. The monoisotopic (exact) mass is 305 g/mol. The molecule has 3 rings (SSSR count). The number of rotatable bonds is 6. The minimum atomic E-state index is -0.491. The summed E-state index contributed by atoms with van der Waals surface area (Å²) in [6.07, 6.45) is -0.0997. The van der Waals surface area contributed by atoms with Gasteiger partial charge < -0.3 is 14.2 Å². The number of carbonyl (C=O) groups is 2. The zero-order valence-corrected chi connectivity index (χ0v) is 12.4. The van der Waals surface area contributed by atoms with Crippen LogP contribution in [-0.2, 0) is 30.4 Å². The Morgan fingerprint density at radius 1 is 1.27 bits per heavy atom. The third-order valence-electron chi connectivity index (χ3n) is 3.84. The lowest BCUT2D eigenvalue weighted by Crippen LogP contribution is -2.45. The Bertz CT molecular complexity index is 547. The number of morpholine rings is 1. The van der Waals surface area contributed by atoms with Crippen LogP contribution < -0.4 is 0 Å². The molecule has 2 saturated heterocycles. The minimum Gasteiger partial charge on any atom is -0.465 e. The summed E-state index contributed by atoms with van der Waals surface area (Å²) in [5, 5.41) is 0. The lowest BCUT2D eigenvalue weighted by Gasteiger charge is -2.23. The van der Waals surface area contributed by atoms with Gasteiger partial charge in [-0.25, -0.2) is 0 Å². The van der Waals surface area contributed by atoms with Gasteiger partial charge in [-0.3, -0.25) is 14.5 Å². The van der Waals surface area contributed by atoms with Crippen molar-refractivity contribution in [3.05, 3.63) is 35.9 Å². The summed E-state index contributed by atoms with van der Waals surface area (Å²) in [5.41, 5.74) is 0.936. The van der Waals surface area contributed by atoms with E-state index in [-0.39, 0.29) is 37.3 Å². The topological polar surface area (TPSA) is 68.4 Å². The van der Waals surface area contributed by atoms with E-state index in [0.717, 1.165) is 5.56 Å². The molecule has 6 heteroatoms. The molecule has 2 heterocycles. The van der Waals surface area contributed by atoms with Gasteiger partial charge in [-0.1, -0.05) is 30.3 Å². The fraction of sp³-hybridized carbons (Fsp3) is 0.500. The summed E-state index contributed by atoms with van der Waals surface area (Å²) in [6, 6.07) is 9.00. The second kappa shape index (κ2) is 6.46. The van der Waals surface area contributed by atoms with Gasteiger partial charge in [-0.05, 0) is 12.5 Å². The number of carbonyl (C=O) groups excluding carboxylic acids is 2. The number of fused-ring (bicyclic) bond motifs is 1. The van der Waals surface area contributed by atoms with Gasteiger partial charge >= 0.3 is 11.9 Å². The molecule has 2 aliphatic heterocycles. The number of hydrogen-bond acceptors (Lipinski definition) is 6. The summed E-state index contributed by atoms with van der Waals surface area (Å²) in [4.78, 5) is 25.7. The van der Waals surface area contributed by atoms with Crippen molar-refractivity contribution in [1.82, 2.24) is 4.90 Å². The fourth-order valence-electron chi connectivity index (χ4n) is 2.76. The molecule has 0 amide bonds. The van der Waals surface area contributed by atoms with Crippen LogP contribution in [0.15, 0.2) is 30.3 Å². The number of ether oxygens (including phenoxy) is 3. The summed E-state index contributed by atoms with van der Waals surface area (Å²) >= 11 is 0. The van der Waals surface area contributed by atoms with Crippen LogP contribution in [0.4, 0.5) is 0 Å². The van der Waals surface area contributed by atoms with Gasteiger partial charge in [0.05, 0.1) is 19.3 Å². The Labute approximate surface area is 128 Å². The molecule has 22 heavy (non-hydrogen) atoms. The molecule has 2 unspecified atom stereocenters. The standard InChI is InChI=1S/C16H19NO5/c1-2-20-16(19)14-15-12(22-15)8-17(14)9-13(18)21-10-11-6-4-3-5-7-11/h3-7,12,14-15H,2,8-10H2,1H3/t12?,14-,15?/m0/s1. The van der Waals surface area contributed by atoms with E-state index in [9.17, 15) is 9.59 Å². The predicted molar refractivity (Wildman–Crippen MR) is 76.9 cm³/mol. The molecule has 2 fully saturated rings. The molecule has 2 aliphatic rings. The molecule has 0 radical (unpaired) electrons. The zero-order chi connectivity index (χ0) is 15.5. The number of likely N-dealkylation sites (tertiary alicyclic amines) is 1. The first-order valence-electron chi connectivity index (χ1n) is 7.44. The lowest BCUT2D eigenvalue weighted by molar-refractivity contribution is -0.153. The normalized spacial score (nSPS) is 26.3. The highest BCUT2D eigenvalue weighted by Crippen LogP contribution is 2.36. The van der Waals surface area contributed by atoms with E-state index in [2.05, 4.69) is 0 Å². The first-order valence-corrected chi connectivity index (χ1v) is 7.44. The van der Waals surface area contributed by atoms with Crippen molar-refractivity contribution >= 4 is 11.9 Å². The van der Waals surface area contributed by atoms with Gasteiger partial charge in [0.15, 0.2) is 0 Å². The molecule has 0 N–H and O–H groups in total. The largest absolute Gasteiger partial charge is 0.465 e. The Morgan fingerprint density at radius 2 is 2.05 bits per heavy atom. The molecule has 0 aromatic heterocycles. The smallest absolute Gasteiger partial charge is 0.326 e. The lowest BCUT2D eigenvalue weighted by atomic mass is 10.2. The minimum absolute atomic E-state index is 0.0383. The molecular formula is C16H19NO5. The molecule has 0 saturated carbocycles. The third-order valence-corrected chi connectivity index (χ3v) is 3.84. The van der Waals surface area contributed by atoms with Crippen LogP contribution in [0.5, 0.6) is 0 Å². The van der Waals surface area contributed by atoms with Crippen LogP contribution in [-0.4, -0.2) is 54.8 Å². The second-order valence-electron chi connectivity index (χ2n) is 5.41. The van der Waals surface area contributed by atoms with E-state index in [1.54, 1.807) is 11.8 Å². The maximum absolute atomic E-state index is 12.0. The first kappa shape index (κ1) is 15.0. The molecule has 6 nitrogen and oxygen atoms in total.